The molecular formula is C18H11BrFN5O2. The minimum absolute atomic E-state index is 0.101. The van der Waals surface area contributed by atoms with Gasteiger partial charge in [-0.05, 0) is 36.4 Å². The molecule has 9 heteroatoms. The number of halogens is 2. The number of H-pyrrole nitrogens is 1. The van der Waals surface area contributed by atoms with Gasteiger partial charge in [-0.2, -0.15) is 0 Å². The number of rotatable bonds is 3. The van der Waals surface area contributed by atoms with E-state index in [9.17, 15) is 14.0 Å². The van der Waals surface area contributed by atoms with Crippen molar-refractivity contribution in [2.45, 2.75) is 0 Å². The van der Waals surface area contributed by atoms with E-state index in [2.05, 4.69) is 30.9 Å². The quantitative estimate of drug-likeness (QED) is 0.523. The van der Waals surface area contributed by atoms with Crippen LogP contribution in [0, 0.1) is 5.82 Å². The molecule has 1 amide bonds. The number of nitrogens with two attached hydrogens (primary N) is 1. The van der Waals surface area contributed by atoms with Crippen LogP contribution in [0.25, 0.3) is 28.2 Å². The zero-order valence-corrected chi connectivity index (χ0v) is 15.2. The number of hydrogen-bond donors (Lipinski definition) is 2. The lowest BCUT2D eigenvalue weighted by atomic mass is 10.2. The highest BCUT2D eigenvalue weighted by Crippen LogP contribution is 2.23. The van der Waals surface area contributed by atoms with Gasteiger partial charge in [-0.1, -0.05) is 28.1 Å². The van der Waals surface area contributed by atoms with Crippen molar-refractivity contribution in [3.63, 3.8) is 0 Å². The number of nitrogens with one attached hydrogen (secondary N) is 1. The van der Waals surface area contributed by atoms with Crippen LogP contribution in [0.3, 0.4) is 0 Å². The Labute approximate surface area is 159 Å². The van der Waals surface area contributed by atoms with Crippen LogP contribution >= 0.6 is 15.9 Å². The minimum Gasteiger partial charge on any atom is -0.364 e. The molecule has 0 bridgehead atoms. The van der Waals surface area contributed by atoms with E-state index in [1.54, 1.807) is 24.3 Å². The molecule has 134 valence electrons. The summed E-state index contributed by atoms with van der Waals surface area (Å²) in [5.74, 6) is -0.999. The maximum atomic E-state index is 13.2. The van der Waals surface area contributed by atoms with Gasteiger partial charge in [0, 0.05) is 10.0 Å². The first kappa shape index (κ1) is 17.1. The molecule has 2 heterocycles. The highest BCUT2D eigenvalue weighted by Gasteiger charge is 2.20. The van der Waals surface area contributed by atoms with Gasteiger partial charge in [0.15, 0.2) is 17.2 Å². The van der Waals surface area contributed by atoms with Crippen LogP contribution in [0.15, 0.2) is 57.8 Å². The number of amides is 1. The molecule has 0 aliphatic carbocycles. The summed E-state index contributed by atoms with van der Waals surface area (Å²) in [6.07, 6.45) is 0. The number of nitrogens with zero attached hydrogens (tertiary/aromatic N) is 3. The van der Waals surface area contributed by atoms with Crippen LogP contribution in [-0.4, -0.2) is 25.4 Å². The summed E-state index contributed by atoms with van der Waals surface area (Å²) in [5.41, 5.74) is 6.14. The molecule has 0 unspecified atom stereocenters. The van der Waals surface area contributed by atoms with Gasteiger partial charge in [0.2, 0.25) is 0 Å². The summed E-state index contributed by atoms with van der Waals surface area (Å²) < 4.78 is 15.4. The Kier molecular flexibility index (Phi) is 4.08. The molecule has 4 aromatic rings. The molecule has 0 radical (unpaired) electrons. The molecule has 27 heavy (non-hydrogen) atoms. The summed E-state index contributed by atoms with van der Waals surface area (Å²) >= 11 is 3.35. The van der Waals surface area contributed by atoms with E-state index in [0.717, 1.165) is 4.47 Å². The van der Waals surface area contributed by atoms with Crippen molar-refractivity contribution in [1.82, 2.24) is 19.5 Å². The Morgan fingerprint density at radius 2 is 1.74 bits per heavy atom. The Morgan fingerprint density at radius 3 is 2.37 bits per heavy atom. The normalized spacial score (nSPS) is 11.0. The summed E-state index contributed by atoms with van der Waals surface area (Å²) in [6.45, 7) is 0. The second-order valence-electron chi connectivity index (χ2n) is 5.71. The van der Waals surface area contributed by atoms with E-state index >= 15 is 0 Å². The number of aromatic amines is 1. The van der Waals surface area contributed by atoms with E-state index < -0.39 is 17.4 Å². The zero-order valence-electron chi connectivity index (χ0n) is 13.6. The lowest BCUT2D eigenvalue weighted by Crippen LogP contribution is -2.15. The summed E-state index contributed by atoms with van der Waals surface area (Å²) in [5, 5.41) is 0. The predicted molar refractivity (Wildman–Crippen MR) is 101 cm³/mol. The molecule has 7 nitrogen and oxygen atoms in total. The number of fused-ring (bicyclic) bond motifs is 1. The third-order valence-electron chi connectivity index (χ3n) is 3.96. The average Bonchev–Trinajstić information content (AvgIpc) is 2.98. The molecular weight excluding hydrogens is 417 g/mol. The molecule has 0 aliphatic heterocycles. The first-order chi connectivity index (χ1) is 12.9. The van der Waals surface area contributed by atoms with Crippen molar-refractivity contribution in [3.8, 4) is 17.1 Å². The van der Waals surface area contributed by atoms with E-state index in [1.807, 2.05) is 0 Å². The van der Waals surface area contributed by atoms with Gasteiger partial charge >= 0.3 is 5.69 Å². The van der Waals surface area contributed by atoms with Gasteiger partial charge in [-0.3, -0.25) is 4.79 Å². The van der Waals surface area contributed by atoms with Crippen LogP contribution in [0.4, 0.5) is 4.39 Å². The first-order valence-electron chi connectivity index (χ1n) is 7.78. The van der Waals surface area contributed by atoms with Gasteiger partial charge in [0.25, 0.3) is 5.91 Å². The lowest BCUT2D eigenvalue weighted by Gasteiger charge is -2.06. The lowest BCUT2D eigenvalue weighted by molar-refractivity contribution is 0.0997. The highest BCUT2D eigenvalue weighted by molar-refractivity contribution is 9.10. The van der Waals surface area contributed by atoms with E-state index in [4.69, 9.17) is 5.73 Å². The third-order valence-corrected chi connectivity index (χ3v) is 4.49. The maximum Gasteiger partial charge on any atom is 0.332 e. The third kappa shape index (κ3) is 3.02. The predicted octanol–water partition coefficient (Wildman–Crippen LogP) is 2.78. The Bertz CT molecular complexity index is 1230. The van der Waals surface area contributed by atoms with Crippen LogP contribution in [-0.2, 0) is 0 Å². The molecule has 0 atom stereocenters. The van der Waals surface area contributed by atoms with Crippen molar-refractivity contribution < 1.29 is 9.18 Å². The maximum absolute atomic E-state index is 13.2. The fraction of sp³-hybridized carbons (Fsp3) is 0. The largest absolute Gasteiger partial charge is 0.364 e. The molecule has 2 aromatic heterocycles. The second kappa shape index (κ2) is 6.44. The molecule has 3 N–H and O–H groups in total. The van der Waals surface area contributed by atoms with Gasteiger partial charge in [0.1, 0.15) is 11.3 Å². The molecule has 2 aromatic carbocycles. The number of benzene rings is 2. The monoisotopic (exact) mass is 427 g/mol. The highest BCUT2D eigenvalue weighted by atomic mass is 79.9. The molecule has 0 saturated carbocycles. The van der Waals surface area contributed by atoms with Crippen molar-refractivity contribution in [2.75, 3.05) is 0 Å². The van der Waals surface area contributed by atoms with Crippen molar-refractivity contribution in [2.24, 2.45) is 5.73 Å². The summed E-state index contributed by atoms with van der Waals surface area (Å²) in [4.78, 5) is 35.6. The van der Waals surface area contributed by atoms with Crippen LogP contribution in [0.5, 0.6) is 0 Å². The van der Waals surface area contributed by atoms with E-state index in [1.165, 1.54) is 28.8 Å². The fourth-order valence-electron chi connectivity index (χ4n) is 2.72. The molecule has 0 spiro atoms. The molecule has 0 saturated heterocycles. The Morgan fingerprint density at radius 1 is 1.07 bits per heavy atom. The summed E-state index contributed by atoms with van der Waals surface area (Å²) in [6, 6.07) is 12.5. The smallest absolute Gasteiger partial charge is 0.332 e. The number of primary amides is 1. The number of hydrogen-bond acceptors (Lipinski definition) is 4. The molecule has 0 fully saturated rings. The standard InChI is InChI=1S/C18H11BrFN5O2/c19-10-3-1-9(2-4-10)16-22-13(15(21)26)14-17(24-16)25(18(27)23-14)12-7-5-11(20)6-8-12/h1-8H,(H2,21,26)(H,23,27). The number of aromatic nitrogens is 4. The first-order valence-corrected chi connectivity index (χ1v) is 8.58. The van der Waals surface area contributed by atoms with Crippen molar-refractivity contribution >= 4 is 33.0 Å². The minimum atomic E-state index is -0.798. The van der Waals surface area contributed by atoms with Gasteiger partial charge in [-0.15, -0.1) is 0 Å². The Balaban J connectivity index is 2.04. The van der Waals surface area contributed by atoms with Gasteiger partial charge < -0.3 is 10.7 Å². The topological polar surface area (TPSA) is 107 Å². The Hall–Kier alpha value is -3.33. The average molecular weight is 428 g/mol. The molecule has 0 aliphatic rings. The van der Waals surface area contributed by atoms with E-state index in [-0.39, 0.29) is 22.7 Å². The zero-order chi connectivity index (χ0) is 19.1. The van der Waals surface area contributed by atoms with Crippen LogP contribution in [0.2, 0.25) is 0 Å². The molecule has 4 rings (SSSR count). The van der Waals surface area contributed by atoms with Crippen molar-refractivity contribution in [3.05, 3.63) is 75.0 Å². The van der Waals surface area contributed by atoms with Gasteiger partial charge in [-0.25, -0.2) is 23.7 Å². The van der Waals surface area contributed by atoms with Crippen molar-refractivity contribution in [1.29, 1.82) is 0 Å². The van der Waals surface area contributed by atoms with Gasteiger partial charge in [0.05, 0.1) is 5.69 Å². The second-order valence-corrected chi connectivity index (χ2v) is 6.62. The van der Waals surface area contributed by atoms with Crippen LogP contribution < -0.4 is 11.4 Å². The van der Waals surface area contributed by atoms with Crippen LogP contribution in [0.1, 0.15) is 10.5 Å². The summed E-state index contributed by atoms with van der Waals surface area (Å²) in [7, 11) is 0. The number of carbonyl (C=O) groups is 1. The fourth-order valence-corrected chi connectivity index (χ4v) is 2.99. The van der Waals surface area contributed by atoms with E-state index in [0.29, 0.717) is 11.3 Å². The number of carbonyl (C=O) groups excluding carboxylic acids is 1. The SMILES string of the molecule is NC(=O)c1nc(-c2ccc(Br)cc2)nc2c1[nH]c(=O)n2-c1ccc(F)cc1. The number of imidazole rings is 1.